The fraction of sp³-hybridized carbons (Fsp3) is 0.533. The van der Waals surface area contributed by atoms with Gasteiger partial charge in [-0.3, -0.25) is 0 Å². The van der Waals surface area contributed by atoms with Crippen LogP contribution in [-0.4, -0.2) is 41.4 Å². The van der Waals surface area contributed by atoms with E-state index in [1.54, 1.807) is 6.20 Å². The van der Waals surface area contributed by atoms with Crippen LogP contribution in [-0.2, 0) is 4.74 Å². The zero-order chi connectivity index (χ0) is 14.1. The van der Waals surface area contributed by atoms with Crippen molar-refractivity contribution in [1.82, 2.24) is 15.1 Å². The minimum absolute atomic E-state index is 0.465. The second-order valence-electron chi connectivity index (χ2n) is 5.59. The van der Waals surface area contributed by atoms with E-state index in [1.165, 1.54) is 6.42 Å². The Labute approximate surface area is 123 Å². The van der Waals surface area contributed by atoms with Crippen LogP contribution in [0.25, 0.3) is 11.4 Å². The SMILES string of the molecule is c1cc(-c2noc(C3CCC3)n2)cc(N2CCOCC2)n1. The molecule has 0 aromatic carbocycles. The summed E-state index contributed by atoms with van der Waals surface area (Å²) in [6, 6.07) is 3.96. The van der Waals surface area contributed by atoms with Gasteiger partial charge in [0, 0.05) is 30.8 Å². The lowest BCUT2D eigenvalue weighted by molar-refractivity contribution is 0.122. The van der Waals surface area contributed by atoms with Crippen LogP contribution in [0.4, 0.5) is 5.82 Å². The number of pyridine rings is 1. The summed E-state index contributed by atoms with van der Waals surface area (Å²) < 4.78 is 10.8. The normalized spacial score (nSPS) is 19.5. The van der Waals surface area contributed by atoms with E-state index in [0.29, 0.717) is 11.7 Å². The van der Waals surface area contributed by atoms with Crippen LogP contribution in [0.15, 0.2) is 22.9 Å². The molecule has 6 nitrogen and oxygen atoms in total. The maximum Gasteiger partial charge on any atom is 0.230 e. The van der Waals surface area contributed by atoms with Gasteiger partial charge in [0.05, 0.1) is 13.2 Å². The average Bonchev–Trinajstić information content (AvgIpc) is 2.96. The summed E-state index contributed by atoms with van der Waals surface area (Å²) in [4.78, 5) is 11.2. The Balaban J connectivity index is 1.58. The number of rotatable bonds is 3. The van der Waals surface area contributed by atoms with Crippen molar-refractivity contribution in [3.05, 3.63) is 24.2 Å². The Morgan fingerprint density at radius 1 is 1.19 bits per heavy atom. The van der Waals surface area contributed by atoms with Crippen LogP contribution in [0.2, 0.25) is 0 Å². The molecule has 1 aliphatic heterocycles. The number of aromatic nitrogens is 3. The van der Waals surface area contributed by atoms with E-state index in [2.05, 4.69) is 20.0 Å². The van der Waals surface area contributed by atoms with E-state index in [1.807, 2.05) is 12.1 Å². The lowest BCUT2D eigenvalue weighted by atomic mass is 9.85. The molecule has 0 bridgehead atoms. The lowest BCUT2D eigenvalue weighted by Crippen LogP contribution is -2.36. The summed E-state index contributed by atoms with van der Waals surface area (Å²) in [6.07, 6.45) is 5.40. The Morgan fingerprint density at radius 2 is 2.05 bits per heavy atom. The molecule has 0 atom stereocenters. The second kappa shape index (κ2) is 5.44. The minimum Gasteiger partial charge on any atom is -0.378 e. The van der Waals surface area contributed by atoms with E-state index in [4.69, 9.17) is 9.26 Å². The van der Waals surface area contributed by atoms with Gasteiger partial charge in [0.1, 0.15) is 5.82 Å². The average molecular weight is 286 g/mol. The molecule has 0 spiro atoms. The van der Waals surface area contributed by atoms with Crippen molar-refractivity contribution in [2.45, 2.75) is 25.2 Å². The van der Waals surface area contributed by atoms with Crippen molar-refractivity contribution in [2.24, 2.45) is 0 Å². The summed E-state index contributed by atoms with van der Waals surface area (Å²) in [5.41, 5.74) is 0.959. The van der Waals surface area contributed by atoms with Gasteiger partial charge >= 0.3 is 0 Å². The number of anilines is 1. The summed E-state index contributed by atoms with van der Waals surface area (Å²) in [5, 5.41) is 4.12. The van der Waals surface area contributed by atoms with Crippen molar-refractivity contribution in [3.8, 4) is 11.4 Å². The lowest BCUT2D eigenvalue weighted by Gasteiger charge is -2.27. The molecule has 1 saturated carbocycles. The summed E-state index contributed by atoms with van der Waals surface area (Å²) in [7, 11) is 0. The Morgan fingerprint density at radius 3 is 2.81 bits per heavy atom. The molecule has 2 aromatic heterocycles. The zero-order valence-electron chi connectivity index (χ0n) is 11.9. The van der Waals surface area contributed by atoms with Gasteiger partial charge in [-0.05, 0) is 25.0 Å². The Hall–Kier alpha value is -1.95. The monoisotopic (exact) mass is 286 g/mol. The van der Waals surface area contributed by atoms with Crippen molar-refractivity contribution in [1.29, 1.82) is 0 Å². The van der Waals surface area contributed by atoms with Gasteiger partial charge in [0.2, 0.25) is 11.7 Å². The standard InChI is InChI=1S/C15H18N4O2/c1-2-11(3-1)15-17-14(18-21-15)12-4-5-16-13(10-12)19-6-8-20-9-7-19/h4-5,10-11H,1-3,6-9H2. The van der Waals surface area contributed by atoms with Crippen LogP contribution in [0.1, 0.15) is 31.1 Å². The third-order valence-electron chi connectivity index (χ3n) is 4.23. The third-order valence-corrected chi connectivity index (χ3v) is 4.23. The highest BCUT2D eigenvalue weighted by Crippen LogP contribution is 2.36. The number of ether oxygens (including phenoxy) is 1. The molecular weight excluding hydrogens is 268 g/mol. The molecule has 2 aliphatic rings. The van der Waals surface area contributed by atoms with Gasteiger partial charge in [-0.25, -0.2) is 4.98 Å². The summed E-state index contributed by atoms with van der Waals surface area (Å²) in [6.45, 7) is 3.24. The van der Waals surface area contributed by atoms with E-state index in [-0.39, 0.29) is 0 Å². The highest BCUT2D eigenvalue weighted by molar-refractivity contribution is 5.59. The van der Waals surface area contributed by atoms with Gasteiger partial charge in [0.15, 0.2) is 0 Å². The molecule has 0 N–H and O–H groups in total. The van der Waals surface area contributed by atoms with Crippen LogP contribution in [0.3, 0.4) is 0 Å². The largest absolute Gasteiger partial charge is 0.378 e. The molecule has 21 heavy (non-hydrogen) atoms. The van der Waals surface area contributed by atoms with Crippen LogP contribution < -0.4 is 4.90 Å². The van der Waals surface area contributed by atoms with Gasteiger partial charge in [-0.2, -0.15) is 4.98 Å². The Kier molecular flexibility index (Phi) is 3.31. The molecule has 110 valence electrons. The summed E-state index contributed by atoms with van der Waals surface area (Å²) in [5.74, 6) is 2.85. The molecule has 1 saturated heterocycles. The van der Waals surface area contributed by atoms with Gasteiger partial charge in [-0.1, -0.05) is 11.6 Å². The first-order chi connectivity index (χ1) is 10.4. The molecular formula is C15H18N4O2. The molecule has 0 amide bonds. The number of morpholine rings is 1. The highest BCUT2D eigenvalue weighted by atomic mass is 16.5. The van der Waals surface area contributed by atoms with Crippen LogP contribution in [0.5, 0.6) is 0 Å². The minimum atomic E-state index is 0.465. The quantitative estimate of drug-likeness (QED) is 0.862. The van der Waals surface area contributed by atoms with Crippen molar-refractivity contribution < 1.29 is 9.26 Å². The van der Waals surface area contributed by atoms with E-state index >= 15 is 0 Å². The highest BCUT2D eigenvalue weighted by Gasteiger charge is 2.25. The fourth-order valence-corrected chi connectivity index (χ4v) is 2.70. The third kappa shape index (κ3) is 2.51. The van der Waals surface area contributed by atoms with Crippen molar-refractivity contribution >= 4 is 5.82 Å². The van der Waals surface area contributed by atoms with Crippen LogP contribution >= 0.6 is 0 Å². The van der Waals surface area contributed by atoms with Gasteiger partial charge in [-0.15, -0.1) is 0 Å². The first kappa shape index (κ1) is 12.8. The molecule has 0 unspecified atom stereocenters. The van der Waals surface area contributed by atoms with Gasteiger partial charge < -0.3 is 14.2 Å². The maximum atomic E-state index is 5.39. The van der Waals surface area contributed by atoms with E-state index in [0.717, 1.165) is 56.4 Å². The summed E-state index contributed by atoms with van der Waals surface area (Å²) >= 11 is 0. The van der Waals surface area contributed by atoms with E-state index in [9.17, 15) is 0 Å². The Bertz CT molecular complexity index is 618. The van der Waals surface area contributed by atoms with Crippen molar-refractivity contribution in [2.75, 3.05) is 31.2 Å². The predicted octanol–water partition coefficient (Wildman–Crippen LogP) is 2.24. The molecule has 1 aliphatic carbocycles. The second-order valence-corrected chi connectivity index (χ2v) is 5.59. The van der Waals surface area contributed by atoms with Crippen LogP contribution in [0, 0.1) is 0 Å². The van der Waals surface area contributed by atoms with E-state index < -0.39 is 0 Å². The molecule has 4 rings (SSSR count). The first-order valence-corrected chi connectivity index (χ1v) is 7.53. The molecule has 3 heterocycles. The first-order valence-electron chi connectivity index (χ1n) is 7.53. The van der Waals surface area contributed by atoms with Crippen molar-refractivity contribution in [3.63, 3.8) is 0 Å². The van der Waals surface area contributed by atoms with Gasteiger partial charge in [0.25, 0.3) is 0 Å². The fourth-order valence-electron chi connectivity index (χ4n) is 2.70. The molecule has 2 aromatic rings. The maximum absolute atomic E-state index is 5.39. The smallest absolute Gasteiger partial charge is 0.230 e. The zero-order valence-corrected chi connectivity index (χ0v) is 11.9. The number of hydrogen-bond acceptors (Lipinski definition) is 6. The predicted molar refractivity (Wildman–Crippen MR) is 77.2 cm³/mol. The molecule has 6 heteroatoms. The molecule has 0 radical (unpaired) electrons. The number of hydrogen-bond donors (Lipinski definition) is 0. The number of nitrogens with zero attached hydrogens (tertiary/aromatic N) is 4. The topological polar surface area (TPSA) is 64.3 Å². The molecule has 2 fully saturated rings.